The molecule has 1 spiro atoms. The van der Waals surface area contributed by atoms with Crippen molar-refractivity contribution in [3.05, 3.63) is 66.2 Å². The third-order valence-corrected chi connectivity index (χ3v) is 10.8. The van der Waals surface area contributed by atoms with Gasteiger partial charge < -0.3 is 14.4 Å². The Labute approximate surface area is 282 Å². The average molecular weight is 674 g/mol. The zero-order valence-corrected chi connectivity index (χ0v) is 27.3. The number of methoxy groups -OCH3 is 1. The molecule has 5 saturated heterocycles. The summed E-state index contributed by atoms with van der Waals surface area (Å²) in [5.41, 5.74) is 3.69. The largest absolute Gasteiger partial charge is 0.491 e. The molecule has 4 aromatic rings. The molecule has 0 amide bonds. The van der Waals surface area contributed by atoms with Crippen LogP contribution in [0.2, 0.25) is 0 Å². The predicted octanol–water partition coefficient (Wildman–Crippen LogP) is 4.43. The number of nitriles is 1. The summed E-state index contributed by atoms with van der Waals surface area (Å²) in [5.74, 6) is 2.15. The number of pyridine rings is 3. The Kier molecular flexibility index (Phi) is 8.08. The van der Waals surface area contributed by atoms with Gasteiger partial charge in [-0.05, 0) is 61.1 Å². The summed E-state index contributed by atoms with van der Waals surface area (Å²) in [6, 6.07) is 13.2. The van der Waals surface area contributed by atoms with Gasteiger partial charge in [0.05, 0.1) is 30.6 Å². The summed E-state index contributed by atoms with van der Waals surface area (Å²) in [4.78, 5) is 16.8. The normalized spacial score (nSPS) is 24.4. The number of nitrogens with zero attached hydrogens (tertiary/aromatic N) is 9. The Morgan fingerprint density at radius 2 is 1.88 bits per heavy atom. The van der Waals surface area contributed by atoms with E-state index in [9.17, 15) is 18.4 Å². The van der Waals surface area contributed by atoms with Crippen LogP contribution in [0.4, 0.5) is 19.0 Å². The molecule has 3 unspecified atom stereocenters. The summed E-state index contributed by atoms with van der Waals surface area (Å²) in [5, 5.41) is 14.2. The van der Waals surface area contributed by atoms with Gasteiger partial charge in [0.2, 0.25) is 5.88 Å². The highest BCUT2D eigenvalue weighted by Crippen LogP contribution is 2.43. The highest BCUT2D eigenvalue weighted by Gasteiger charge is 2.50. The van der Waals surface area contributed by atoms with Crippen molar-refractivity contribution in [3.63, 3.8) is 0 Å². The fourth-order valence-corrected chi connectivity index (χ4v) is 8.21. The van der Waals surface area contributed by atoms with E-state index in [4.69, 9.17) is 14.5 Å². The summed E-state index contributed by atoms with van der Waals surface area (Å²) >= 11 is 0. The molecule has 49 heavy (non-hydrogen) atoms. The molecule has 0 aromatic carbocycles. The van der Waals surface area contributed by atoms with Crippen LogP contribution in [-0.2, 0) is 6.54 Å². The van der Waals surface area contributed by atoms with E-state index in [0.717, 1.165) is 49.5 Å². The average Bonchev–Trinajstić information content (AvgIpc) is 3.85. The quantitative estimate of drug-likeness (QED) is 0.238. The fraction of sp³-hybridized carbons (Fsp3) is 0.486. The van der Waals surface area contributed by atoms with Gasteiger partial charge in [-0.25, -0.2) is 19.4 Å². The summed E-state index contributed by atoms with van der Waals surface area (Å²) in [7, 11) is 1.63. The Balaban J connectivity index is 0.923. The van der Waals surface area contributed by atoms with Crippen molar-refractivity contribution in [2.75, 3.05) is 64.4 Å². The Morgan fingerprint density at radius 1 is 1.04 bits per heavy atom. The molecular formula is C35H38F3N9O2. The van der Waals surface area contributed by atoms with Gasteiger partial charge in [-0.15, -0.1) is 0 Å². The number of ether oxygens (including phenoxy) is 2. The van der Waals surface area contributed by atoms with Crippen molar-refractivity contribution in [2.24, 2.45) is 5.41 Å². The molecule has 256 valence electrons. The first-order chi connectivity index (χ1) is 23.7. The summed E-state index contributed by atoms with van der Waals surface area (Å²) in [6.07, 6.45) is 5.19. The smallest absolute Gasteiger partial charge is 0.459 e. The van der Waals surface area contributed by atoms with Gasteiger partial charge in [-0.3, -0.25) is 9.80 Å². The number of rotatable bonds is 9. The standard InChI is InChI=1S/C35H38F3N9O2/c1-48-32-12-24(4-7-40-32)18-46-27-13-28(46)20-44(19-27)31-3-2-25(16-41-31)30-14-29(21-47-33(30)26(15-39)17-42-47)49-11-10-43-8-5-34(22-43)6-9-45(23-34)35(36,37)38/h2-4,7,12,14,16-17,21,27-28H,5-6,8-11,13,18-20,22-23H2,1H3. The van der Waals surface area contributed by atoms with E-state index in [1.165, 1.54) is 12.0 Å². The molecule has 3 atom stereocenters. The van der Waals surface area contributed by atoms with Gasteiger partial charge >= 0.3 is 6.30 Å². The first-order valence-corrected chi connectivity index (χ1v) is 16.7. The molecular weight excluding hydrogens is 635 g/mol. The number of hydrogen-bond donors (Lipinski definition) is 0. The number of alkyl halides is 3. The molecule has 2 bridgehead atoms. The SMILES string of the molecule is COc1cc(CN2C3CC2CN(c2ccc(-c4cc(OCCN5CCC6(CCN(C(F)(F)F)C6)C5)cn5ncc(C#N)c45)cn2)C3)ccn1. The molecule has 0 N–H and O–H groups in total. The molecule has 9 heterocycles. The minimum absolute atomic E-state index is 0.0704. The van der Waals surface area contributed by atoms with E-state index in [1.54, 1.807) is 30.2 Å². The van der Waals surface area contributed by atoms with Crippen LogP contribution in [0.5, 0.6) is 11.6 Å². The molecule has 9 rings (SSSR count). The van der Waals surface area contributed by atoms with Gasteiger partial charge in [0.15, 0.2) is 0 Å². The maximum Gasteiger partial charge on any atom is 0.459 e. The Bertz CT molecular complexity index is 1860. The lowest BCUT2D eigenvalue weighted by Crippen LogP contribution is -2.68. The molecule has 5 aliphatic heterocycles. The summed E-state index contributed by atoms with van der Waals surface area (Å²) < 4.78 is 52.9. The minimum Gasteiger partial charge on any atom is -0.491 e. The Hall–Kier alpha value is -4.45. The van der Waals surface area contributed by atoms with Crippen molar-refractivity contribution in [1.29, 1.82) is 5.26 Å². The molecule has 0 aliphatic carbocycles. The topological polar surface area (TPSA) is 98.3 Å². The number of hydrogen-bond acceptors (Lipinski definition) is 10. The zero-order valence-electron chi connectivity index (χ0n) is 27.3. The van der Waals surface area contributed by atoms with Crippen molar-refractivity contribution in [3.8, 4) is 28.8 Å². The predicted molar refractivity (Wildman–Crippen MR) is 175 cm³/mol. The van der Waals surface area contributed by atoms with E-state index in [2.05, 4.69) is 30.9 Å². The van der Waals surface area contributed by atoms with E-state index < -0.39 is 6.30 Å². The third-order valence-electron chi connectivity index (χ3n) is 10.8. The number of likely N-dealkylation sites (tertiary alicyclic amines) is 2. The number of anilines is 1. The Morgan fingerprint density at radius 3 is 2.61 bits per heavy atom. The zero-order chi connectivity index (χ0) is 33.8. The third kappa shape index (κ3) is 6.15. The van der Waals surface area contributed by atoms with Crippen molar-refractivity contribution in [2.45, 2.75) is 44.2 Å². The van der Waals surface area contributed by atoms with Crippen molar-refractivity contribution >= 4 is 11.3 Å². The number of fused-ring (bicyclic) bond motifs is 3. The van der Waals surface area contributed by atoms with E-state index >= 15 is 0 Å². The minimum atomic E-state index is -4.27. The summed E-state index contributed by atoms with van der Waals surface area (Å²) in [6.45, 7) is 5.22. The second kappa shape index (κ2) is 12.5. The van der Waals surface area contributed by atoms with Gasteiger partial charge in [-0.2, -0.15) is 23.5 Å². The van der Waals surface area contributed by atoms with E-state index in [0.29, 0.717) is 65.8 Å². The van der Waals surface area contributed by atoms with Crippen molar-refractivity contribution < 1.29 is 22.6 Å². The van der Waals surface area contributed by atoms with Crippen LogP contribution >= 0.6 is 0 Å². The maximum atomic E-state index is 13.2. The van der Waals surface area contributed by atoms with Crippen LogP contribution in [0.3, 0.4) is 0 Å². The van der Waals surface area contributed by atoms with Gasteiger partial charge in [-0.1, -0.05) is 0 Å². The molecule has 4 aromatic heterocycles. The highest BCUT2D eigenvalue weighted by molar-refractivity contribution is 5.85. The molecule has 5 aliphatic rings. The van der Waals surface area contributed by atoms with Crippen molar-refractivity contribution in [1.82, 2.24) is 34.3 Å². The van der Waals surface area contributed by atoms with E-state index in [1.807, 2.05) is 36.5 Å². The first-order valence-electron chi connectivity index (χ1n) is 16.7. The highest BCUT2D eigenvalue weighted by atomic mass is 19.4. The fourth-order valence-electron chi connectivity index (χ4n) is 8.21. The lowest BCUT2D eigenvalue weighted by atomic mass is 9.86. The molecule has 11 nitrogen and oxygen atoms in total. The number of piperidine rings is 1. The molecule has 0 saturated carbocycles. The maximum absolute atomic E-state index is 13.2. The number of aromatic nitrogens is 4. The first kappa shape index (κ1) is 31.8. The van der Waals surface area contributed by atoms with Crippen LogP contribution in [0.25, 0.3) is 16.6 Å². The molecule has 5 fully saturated rings. The number of piperazine rings is 1. The van der Waals surface area contributed by atoms with Crippen LogP contribution in [0.15, 0.2) is 55.1 Å². The van der Waals surface area contributed by atoms with Gasteiger partial charge in [0.25, 0.3) is 0 Å². The number of halogens is 3. The van der Waals surface area contributed by atoms with Crippen LogP contribution < -0.4 is 14.4 Å². The second-order valence-electron chi connectivity index (χ2n) is 13.8. The van der Waals surface area contributed by atoms with Gasteiger partial charge in [0, 0.05) is 87.5 Å². The lowest BCUT2D eigenvalue weighted by Gasteiger charge is -2.56. The lowest BCUT2D eigenvalue weighted by molar-refractivity contribution is -0.240. The monoisotopic (exact) mass is 673 g/mol. The van der Waals surface area contributed by atoms with Crippen LogP contribution in [0, 0.1) is 16.7 Å². The van der Waals surface area contributed by atoms with Crippen LogP contribution in [-0.4, -0.2) is 112 Å². The van der Waals surface area contributed by atoms with E-state index in [-0.39, 0.29) is 18.5 Å². The second-order valence-corrected chi connectivity index (χ2v) is 13.8. The molecule has 0 radical (unpaired) electrons. The molecule has 14 heteroatoms. The van der Waals surface area contributed by atoms with Crippen LogP contribution in [0.1, 0.15) is 30.4 Å². The van der Waals surface area contributed by atoms with Gasteiger partial charge in [0.1, 0.15) is 24.2 Å².